The zero-order chi connectivity index (χ0) is 22.6. The number of ether oxygens (including phenoxy) is 1. The molecule has 1 aliphatic rings. The van der Waals surface area contributed by atoms with E-state index < -0.39 is 24.1 Å². The number of hydrogen-bond donors (Lipinski definition) is 2. The molecular formula is C24H30N2O5. The van der Waals surface area contributed by atoms with E-state index in [0.717, 1.165) is 12.0 Å². The number of rotatable bonds is 8. The molecule has 1 fully saturated rings. The fourth-order valence-corrected chi connectivity index (χ4v) is 3.95. The Morgan fingerprint density at radius 2 is 1.90 bits per heavy atom. The number of hydrogen-bond acceptors (Lipinski definition) is 5. The van der Waals surface area contributed by atoms with Crippen molar-refractivity contribution in [3.05, 3.63) is 59.5 Å². The third-order valence-electron chi connectivity index (χ3n) is 5.61. The van der Waals surface area contributed by atoms with Crippen LogP contribution >= 0.6 is 0 Å². The topological polar surface area (TPSA) is 97.6 Å². The highest BCUT2D eigenvalue weighted by molar-refractivity contribution is 5.99. The van der Waals surface area contributed by atoms with Crippen LogP contribution in [0, 0.1) is 12.3 Å². The summed E-state index contributed by atoms with van der Waals surface area (Å²) >= 11 is 0. The first kappa shape index (κ1) is 22.7. The second-order valence-corrected chi connectivity index (χ2v) is 8.92. The number of Topliss-reactive ketones (excluding diaryl/α,β-unsaturated/α-hetero) is 1. The molecule has 0 unspecified atom stereocenters. The smallest absolute Gasteiger partial charge is 0.255 e. The van der Waals surface area contributed by atoms with Crippen LogP contribution in [0.25, 0.3) is 0 Å². The van der Waals surface area contributed by atoms with Gasteiger partial charge in [0.1, 0.15) is 24.5 Å². The van der Waals surface area contributed by atoms with Crippen molar-refractivity contribution in [2.75, 3.05) is 6.61 Å². The van der Waals surface area contributed by atoms with Gasteiger partial charge in [-0.15, -0.1) is 0 Å². The van der Waals surface area contributed by atoms with Gasteiger partial charge in [-0.1, -0.05) is 44.2 Å². The molecule has 3 atom stereocenters. The van der Waals surface area contributed by atoms with Crippen LogP contribution in [0.15, 0.2) is 47.1 Å². The number of carbonyl (C=O) groups is 3. The van der Waals surface area contributed by atoms with E-state index in [1.807, 2.05) is 30.3 Å². The third-order valence-corrected chi connectivity index (χ3v) is 5.61. The molecule has 7 nitrogen and oxygen atoms in total. The number of benzene rings is 1. The van der Waals surface area contributed by atoms with Crippen LogP contribution in [-0.4, -0.2) is 42.4 Å². The number of ketones is 1. The van der Waals surface area contributed by atoms with E-state index in [4.69, 9.17) is 9.15 Å². The predicted molar refractivity (Wildman–Crippen MR) is 116 cm³/mol. The minimum absolute atomic E-state index is 0.0170. The Labute approximate surface area is 182 Å². The fourth-order valence-electron chi connectivity index (χ4n) is 3.95. The van der Waals surface area contributed by atoms with E-state index >= 15 is 0 Å². The highest BCUT2D eigenvalue weighted by Crippen LogP contribution is 2.28. The lowest BCUT2D eigenvalue weighted by Gasteiger charge is -2.30. The van der Waals surface area contributed by atoms with Crippen LogP contribution in [0.1, 0.15) is 48.9 Å². The van der Waals surface area contributed by atoms with Gasteiger partial charge in [0.25, 0.3) is 5.91 Å². The quantitative estimate of drug-likeness (QED) is 0.677. The molecule has 2 aromatic rings. The minimum atomic E-state index is -0.818. The summed E-state index contributed by atoms with van der Waals surface area (Å²) in [6.07, 6.45) is 2.17. The molecule has 166 valence electrons. The molecule has 0 spiro atoms. The zero-order valence-corrected chi connectivity index (χ0v) is 18.4. The molecule has 0 bridgehead atoms. The van der Waals surface area contributed by atoms with Crippen molar-refractivity contribution in [2.45, 2.75) is 58.7 Å². The highest BCUT2D eigenvalue weighted by Gasteiger charge is 2.37. The molecule has 2 heterocycles. The van der Waals surface area contributed by atoms with Gasteiger partial charge in [0.2, 0.25) is 5.91 Å². The molecule has 31 heavy (non-hydrogen) atoms. The normalized spacial score (nSPS) is 19.8. The lowest BCUT2D eigenvalue weighted by Crippen LogP contribution is -2.54. The standard InChI is InChI=1S/C24H30N2O5/c1-15-18(10-11-30-15)22(28)25-19(23(29)26-21-16(2)31-14-20(21)27)13-24(3,4)12-17-8-6-5-7-9-17/h5-11,16,19,21H,12-14H2,1-4H3,(H,25,28)(H,26,29)/t16-,19-,21-/m0/s1. The van der Waals surface area contributed by atoms with Crippen LogP contribution in [0.4, 0.5) is 0 Å². The van der Waals surface area contributed by atoms with Crippen LogP contribution in [-0.2, 0) is 20.7 Å². The van der Waals surface area contributed by atoms with Crippen molar-refractivity contribution >= 4 is 17.6 Å². The zero-order valence-electron chi connectivity index (χ0n) is 18.4. The molecule has 2 N–H and O–H groups in total. The van der Waals surface area contributed by atoms with Gasteiger partial charge >= 0.3 is 0 Å². The summed E-state index contributed by atoms with van der Waals surface area (Å²) in [4.78, 5) is 38.0. The third kappa shape index (κ3) is 5.82. The Bertz CT molecular complexity index is 934. The van der Waals surface area contributed by atoms with E-state index in [-0.39, 0.29) is 23.7 Å². The van der Waals surface area contributed by atoms with Crippen LogP contribution in [0.3, 0.4) is 0 Å². The van der Waals surface area contributed by atoms with Gasteiger partial charge in [-0.2, -0.15) is 0 Å². The first-order valence-electron chi connectivity index (χ1n) is 10.5. The molecule has 0 saturated carbocycles. The summed E-state index contributed by atoms with van der Waals surface area (Å²) in [5, 5.41) is 5.62. The summed E-state index contributed by atoms with van der Waals surface area (Å²) < 4.78 is 10.6. The van der Waals surface area contributed by atoms with Crippen molar-refractivity contribution < 1.29 is 23.5 Å². The van der Waals surface area contributed by atoms with Gasteiger partial charge < -0.3 is 19.8 Å². The molecule has 2 amide bonds. The minimum Gasteiger partial charge on any atom is -0.469 e. The Morgan fingerprint density at radius 1 is 1.19 bits per heavy atom. The number of furan rings is 1. The van der Waals surface area contributed by atoms with E-state index in [9.17, 15) is 14.4 Å². The van der Waals surface area contributed by atoms with Gasteiger partial charge in [-0.3, -0.25) is 14.4 Å². The molecule has 1 saturated heterocycles. The van der Waals surface area contributed by atoms with Crippen molar-refractivity contribution in [1.82, 2.24) is 10.6 Å². The second-order valence-electron chi connectivity index (χ2n) is 8.92. The lowest BCUT2D eigenvalue weighted by molar-refractivity contribution is -0.128. The Hall–Kier alpha value is -2.93. The fraction of sp³-hybridized carbons (Fsp3) is 0.458. The van der Waals surface area contributed by atoms with Crippen LogP contribution < -0.4 is 10.6 Å². The van der Waals surface area contributed by atoms with Crippen molar-refractivity contribution in [3.8, 4) is 0 Å². The summed E-state index contributed by atoms with van der Waals surface area (Å²) in [6, 6.07) is 10.0. The summed E-state index contributed by atoms with van der Waals surface area (Å²) in [5.41, 5.74) is 1.24. The Morgan fingerprint density at radius 3 is 2.48 bits per heavy atom. The molecule has 0 radical (unpaired) electrons. The van der Waals surface area contributed by atoms with E-state index in [1.54, 1.807) is 19.9 Å². The van der Waals surface area contributed by atoms with Gasteiger partial charge in [-0.05, 0) is 43.7 Å². The molecule has 1 aromatic carbocycles. The maximum absolute atomic E-state index is 13.2. The number of carbonyl (C=O) groups excluding carboxylic acids is 3. The predicted octanol–water partition coefficient (Wildman–Crippen LogP) is 2.82. The van der Waals surface area contributed by atoms with E-state index in [1.165, 1.54) is 6.26 Å². The summed E-state index contributed by atoms with van der Waals surface area (Å²) in [5.74, 6) is -0.469. The van der Waals surface area contributed by atoms with Crippen LogP contribution in [0.2, 0.25) is 0 Å². The van der Waals surface area contributed by atoms with Crippen molar-refractivity contribution in [2.24, 2.45) is 5.41 Å². The molecule has 0 aliphatic carbocycles. The summed E-state index contributed by atoms with van der Waals surface area (Å²) in [6.45, 7) is 7.54. The molecule has 7 heteroatoms. The first-order valence-corrected chi connectivity index (χ1v) is 10.5. The maximum Gasteiger partial charge on any atom is 0.255 e. The van der Waals surface area contributed by atoms with Gasteiger partial charge in [-0.25, -0.2) is 0 Å². The Balaban J connectivity index is 1.77. The van der Waals surface area contributed by atoms with Gasteiger partial charge in [0.05, 0.1) is 17.9 Å². The average molecular weight is 427 g/mol. The van der Waals surface area contributed by atoms with Gasteiger partial charge in [0.15, 0.2) is 5.78 Å². The molecule has 3 rings (SSSR count). The highest BCUT2D eigenvalue weighted by atomic mass is 16.5. The number of amides is 2. The Kier molecular flexibility index (Phi) is 6.95. The number of nitrogens with one attached hydrogen (secondary N) is 2. The molecule has 1 aliphatic heterocycles. The van der Waals surface area contributed by atoms with E-state index in [2.05, 4.69) is 24.5 Å². The summed E-state index contributed by atoms with van der Waals surface area (Å²) in [7, 11) is 0. The van der Waals surface area contributed by atoms with Crippen molar-refractivity contribution in [3.63, 3.8) is 0 Å². The van der Waals surface area contributed by atoms with Gasteiger partial charge in [0, 0.05) is 0 Å². The number of aryl methyl sites for hydroxylation is 1. The second kappa shape index (κ2) is 9.47. The largest absolute Gasteiger partial charge is 0.469 e. The maximum atomic E-state index is 13.2. The van der Waals surface area contributed by atoms with Crippen LogP contribution in [0.5, 0.6) is 0 Å². The molecular weight excluding hydrogens is 396 g/mol. The first-order chi connectivity index (χ1) is 14.7. The lowest BCUT2D eigenvalue weighted by atomic mass is 9.79. The molecule has 1 aromatic heterocycles. The monoisotopic (exact) mass is 426 g/mol. The van der Waals surface area contributed by atoms with E-state index in [0.29, 0.717) is 17.7 Å². The van der Waals surface area contributed by atoms with Crippen molar-refractivity contribution in [1.29, 1.82) is 0 Å². The average Bonchev–Trinajstić information content (AvgIpc) is 3.28. The SMILES string of the molecule is Cc1occc1C(=O)N[C@@H](CC(C)(C)Cc1ccccc1)C(=O)N[C@@H]1C(=O)CO[C@H]1C.